The largest absolute Gasteiger partial charge is 0.366 e. The summed E-state index contributed by atoms with van der Waals surface area (Å²) in [6, 6.07) is 0. The van der Waals surface area contributed by atoms with Gasteiger partial charge in [-0.2, -0.15) is 0 Å². The first-order valence-corrected chi connectivity index (χ1v) is 6.82. The van der Waals surface area contributed by atoms with Crippen LogP contribution in [0.5, 0.6) is 0 Å². The fourth-order valence-corrected chi connectivity index (χ4v) is 1.90. The molecule has 0 spiro atoms. The van der Waals surface area contributed by atoms with Crippen molar-refractivity contribution >= 4 is 31.9 Å². The molecule has 2 N–H and O–H groups in total. The van der Waals surface area contributed by atoms with Crippen molar-refractivity contribution in [1.82, 2.24) is 5.32 Å². The Labute approximate surface area is 102 Å². The quantitative estimate of drug-likeness (QED) is 0.597. The number of halogens is 2. The van der Waals surface area contributed by atoms with Crippen molar-refractivity contribution in [2.45, 2.75) is 29.3 Å². The lowest BCUT2D eigenvalue weighted by molar-refractivity contribution is -0.0886. The van der Waals surface area contributed by atoms with Gasteiger partial charge in [-0.3, -0.25) is 0 Å². The molecule has 1 atom stereocenters. The van der Waals surface area contributed by atoms with E-state index in [1.54, 1.807) is 0 Å². The van der Waals surface area contributed by atoms with Crippen LogP contribution in [-0.4, -0.2) is 34.8 Å². The van der Waals surface area contributed by atoms with E-state index in [1.165, 1.54) is 12.8 Å². The topological polar surface area (TPSA) is 41.5 Å². The minimum atomic E-state index is -0.753. The molecule has 1 saturated heterocycles. The van der Waals surface area contributed by atoms with E-state index in [0.29, 0.717) is 6.61 Å². The van der Waals surface area contributed by atoms with Gasteiger partial charge < -0.3 is 15.2 Å². The Morgan fingerprint density at radius 1 is 1.36 bits per heavy atom. The van der Waals surface area contributed by atoms with Crippen molar-refractivity contribution in [3.05, 3.63) is 0 Å². The molecule has 0 aliphatic carbocycles. The van der Waals surface area contributed by atoms with Gasteiger partial charge in [0, 0.05) is 0 Å². The van der Waals surface area contributed by atoms with Gasteiger partial charge in [-0.25, -0.2) is 0 Å². The first kappa shape index (κ1) is 12.9. The summed E-state index contributed by atoms with van der Waals surface area (Å²) in [6.07, 6.45) is 2.75. The van der Waals surface area contributed by atoms with Gasteiger partial charge in [-0.15, -0.1) is 0 Å². The van der Waals surface area contributed by atoms with Crippen LogP contribution in [-0.2, 0) is 4.74 Å². The summed E-state index contributed by atoms with van der Waals surface area (Å²) in [6.45, 7) is 2.87. The average molecular weight is 331 g/mol. The molecule has 1 aliphatic rings. The van der Waals surface area contributed by atoms with Crippen molar-refractivity contribution in [3.63, 3.8) is 0 Å². The highest BCUT2D eigenvalue weighted by Gasteiger charge is 2.15. The summed E-state index contributed by atoms with van der Waals surface area (Å²) in [5.74, 6) is 0.757. The van der Waals surface area contributed by atoms with E-state index in [2.05, 4.69) is 37.2 Å². The molecule has 0 amide bonds. The van der Waals surface area contributed by atoms with Crippen LogP contribution in [0.25, 0.3) is 0 Å². The lowest BCUT2D eigenvalue weighted by Crippen LogP contribution is -2.29. The normalized spacial score (nSPS) is 21.4. The van der Waals surface area contributed by atoms with Crippen LogP contribution < -0.4 is 5.32 Å². The number of alkyl halides is 2. The first-order valence-electron chi connectivity index (χ1n) is 4.98. The second-order valence-electron chi connectivity index (χ2n) is 3.58. The van der Waals surface area contributed by atoms with Gasteiger partial charge in [0.1, 0.15) is 3.74 Å². The molecule has 0 aromatic rings. The first-order chi connectivity index (χ1) is 6.70. The number of aliphatic hydroxyl groups is 1. The van der Waals surface area contributed by atoms with Crippen molar-refractivity contribution in [2.75, 3.05) is 19.7 Å². The Kier molecular flexibility index (Phi) is 6.61. The van der Waals surface area contributed by atoms with Crippen LogP contribution in [0.2, 0.25) is 0 Å². The SMILES string of the molecule is OC(OCCC1CCNCC1)C(Br)Br. The molecular formula is C9H17Br2NO2. The summed E-state index contributed by atoms with van der Waals surface area (Å²) in [7, 11) is 0. The second-order valence-corrected chi connectivity index (χ2v) is 6.78. The van der Waals surface area contributed by atoms with Crippen LogP contribution in [0.1, 0.15) is 19.3 Å². The monoisotopic (exact) mass is 329 g/mol. The van der Waals surface area contributed by atoms with Crippen LogP contribution in [0.4, 0.5) is 0 Å². The Bertz CT molecular complexity index is 152. The van der Waals surface area contributed by atoms with E-state index in [1.807, 2.05) is 0 Å². The molecule has 3 nitrogen and oxygen atoms in total. The Balaban J connectivity index is 2.02. The third-order valence-corrected chi connectivity index (χ3v) is 3.39. The molecule has 0 aromatic carbocycles. The highest BCUT2D eigenvalue weighted by atomic mass is 79.9. The molecule has 1 rings (SSSR count). The van der Waals surface area contributed by atoms with Gasteiger partial charge in [-0.05, 0) is 38.3 Å². The lowest BCUT2D eigenvalue weighted by Gasteiger charge is -2.23. The zero-order valence-electron chi connectivity index (χ0n) is 8.09. The maximum absolute atomic E-state index is 9.33. The summed E-state index contributed by atoms with van der Waals surface area (Å²) < 4.78 is 5.07. The van der Waals surface area contributed by atoms with Crippen molar-refractivity contribution < 1.29 is 9.84 Å². The molecule has 5 heteroatoms. The number of aliphatic hydroxyl groups excluding tert-OH is 1. The zero-order valence-corrected chi connectivity index (χ0v) is 11.3. The summed E-state index contributed by atoms with van der Waals surface area (Å²) in [5.41, 5.74) is 0. The molecule has 1 unspecified atom stereocenters. The molecule has 0 saturated carbocycles. The van der Waals surface area contributed by atoms with Gasteiger partial charge in [0.15, 0.2) is 6.29 Å². The number of rotatable bonds is 5. The fraction of sp³-hybridized carbons (Fsp3) is 1.00. The molecule has 0 bridgehead atoms. The van der Waals surface area contributed by atoms with E-state index < -0.39 is 6.29 Å². The Hall–Kier alpha value is 0.840. The lowest BCUT2D eigenvalue weighted by atomic mass is 9.95. The number of ether oxygens (including phenoxy) is 1. The van der Waals surface area contributed by atoms with Crippen LogP contribution in [0.3, 0.4) is 0 Å². The van der Waals surface area contributed by atoms with Crippen LogP contribution in [0.15, 0.2) is 0 Å². The zero-order chi connectivity index (χ0) is 10.4. The van der Waals surface area contributed by atoms with Gasteiger partial charge in [0.2, 0.25) is 0 Å². The van der Waals surface area contributed by atoms with Crippen LogP contribution >= 0.6 is 31.9 Å². The molecule has 84 valence electrons. The molecule has 0 aromatic heterocycles. The van der Waals surface area contributed by atoms with Crippen molar-refractivity contribution in [3.8, 4) is 0 Å². The van der Waals surface area contributed by atoms with Gasteiger partial charge >= 0.3 is 0 Å². The fourth-order valence-electron chi connectivity index (χ4n) is 1.60. The van der Waals surface area contributed by atoms with E-state index in [9.17, 15) is 5.11 Å². The maximum Gasteiger partial charge on any atom is 0.177 e. The highest BCUT2D eigenvalue weighted by molar-refractivity contribution is 9.24. The van der Waals surface area contributed by atoms with Gasteiger partial charge in [0.05, 0.1) is 6.61 Å². The third kappa shape index (κ3) is 5.07. The third-order valence-electron chi connectivity index (χ3n) is 2.49. The molecule has 0 radical (unpaired) electrons. The predicted molar refractivity (Wildman–Crippen MR) is 63.8 cm³/mol. The summed E-state index contributed by atoms with van der Waals surface area (Å²) in [4.78, 5) is 0. The number of hydrogen-bond acceptors (Lipinski definition) is 3. The molecule has 1 heterocycles. The van der Waals surface area contributed by atoms with Gasteiger partial charge in [0.25, 0.3) is 0 Å². The number of hydrogen-bond donors (Lipinski definition) is 2. The van der Waals surface area contributed by atoms with Gasteiger partial charge in [-0.1, -0.05) is 31.9 Å². The highest BCUT2D eigenvalue weighted by Crippen LogP contribution is 2.18. The number of piperidine rings is 1. The molecular weight excluding hydrogens is 314 g/mol. The standard InChI is InChI=1S/C9H17Br2NO2/c10-8(11)9(13)14-6-3-7-1-4-12-5-2-7/h7-9,12-13H,1-6H2. The molecule has 1 aliphatic heterocycles. The Morgan fingerprint density at radius 2 is 2.00 bits per heavy atom. The summed E-state index contributed by atoms with van der Waals surface area (Å²) in [5, 5.41) is 12.7. The van der Waals surface area contributed by atoms with E-state index in [-0.39, 0.29) is 3.74 Å². The minimum Gasteiger partial charge on any atom is -0.366 e. The maximum atomic E-state index is 9.33. The van der Waals surface area contributed by atoms with E-state index >= 15 is 0 Å². The predicted octanol–water partition coefficient (Wildman–Crippen LogP) is 1.83. The average Bonchev–Trinajstić information content (AvgIpc) is 2.19. The molecule has 14 heavy (non-hydrogen) atoms. The van der Waals surface area contributed by atoms with Crippen molar-refractivity contribution in [2.24, 2.45) is 5.92 Å². The second kappa shape index (κ2) is 7.17. The van der Waals surface area contributed by atoms with Crippen LogP contribution in [0, 0.1) is 5.92 Å². The minimum absolute atomic E-state index is 0.178. The van der Waals surface area contributed by atoms with E-state index in [0.717, 1.165) is 25.4 Å². The van der Waals surface area contributed by atoms with E-state index in [4.69, 9.17) is 4.74 Å². The summed E-state index contributed by atoms with van der Waals surface area (Å²) >= 11 is 6.40. The Morgan fingerprint density at radius 3 is 2.57 bits per heavy atom. The smallest absolute Gasteiger partial charge is 0.177 e. The molecule has 1 fully saturated rings. The number of nitrogens with one attached hydrogen (secondary N) is 1. The van der Waals surface area contributed by atoms with Crippen molar-refractivity contribution in [1.29, 1.82) is 0 Å².